The summed E-state index contributed by atoms with van der Waals surface area (Å²) in [5.74, 6) is 0.0176. The fraction of sp³-hybridized carbons (Fsp3) is 0.436. The highest BCUT2D eigenvalue weighted by Crippen LogP contribution is 2.38. The Kier molecular flexibility index (Phi) is 12.2. The third-order valence-electron chi connectivity index (χ3n) is 9.98. The van der Waals surface area contributed by atoms with Crippen molar-refractivity contribution in [1.29, 1.82) is 0 Å². The molecule has 0 unspecified atom stereocenters. The number of carboxylic acids is 1. The third kappa shape index (κ3) is 8.01. The molecule has 1 aliphatic heterocycles. The van der Waals surface area contributed by atoms with Crippen LogP contribution in [0.4, 0.5) is 0 Å². The average Bonchev–Trinajstić information content (AvgIpc) is 3.63. The molecule has 3 heterocycles. The highest BCUT2D eigenvalue weighted by atomic mass is 35.5. The SMILES string of the molecule is CCn1c(C(=O)O)c(CCCOc2cccc3ccccc23)c2cccc(-c3c(CN(CCN4CCOCC4)S(=O)(=O)CCCCl)nn(C)c3C)c21. The van der Waals surface area contributed by atoms with Gasteiger partial charge in [-0.1, -0.05) is 54.6 Å². The Hall–Kier alpha value is -3.94. The Morgan fingerprint density at radius 2 is 1.77 bits per heavy atom. The minimum Gasteiger partial charge on any atom is -0.493 e. The van der Waals surface area contributed by atoms with E-state index in [2.05, 4.69) is 17.0 Å². The molecule has 13 heteroatoms. The number of hydrogen-bond donors (Lipinski definition) is 1. The summed E-state index contributed by atoms with van der Waals surface area (Å²) in [7, 11) is -1.80. The summed E-state index contributed by atoms with van der Waals surface area (Å²) in [5, 5.41) is 18.4. The lowest BCUT2D eigenvalue weighted by Gasteiger charge is -2.29. The van der Waals surface area contributed by atoms with Crippen LogP contribution in [0, 0.1) is 6.92 Å². The second-order valence-corrected chi connectivity index (χ2v) is 15.7. The molecule has 52 heavy (non-hydrogen) atoms. The van der Waals surface area contributed by atoms with Crippen molar-refractivity contribution >= 4 is 49.3 Å². The number of halogens is 1. The predicted octanol–water partition coefficient (Wildman–Crippen LogP) is 6.33. The maximum Gasteiger partial charge on any atom is 0.352 e. The maximum absolute atomic E-state index is 13.7. The standard InChI is InChI=1S/C39H48ClN5O6S/c1-4-45-37-31(32(38(45)39(46)47)16-9-23-51-35-17-7-12-29-11-5-6-13-30(29)35)14-8-15-33(37)36-28(2)42(3)41-34(36)27-44(52(48,49)26-10-18-40)20-19-43-21-24-50-25-22-43/h5-8,11-15,17H,4,9-10,16,18-27H2,1-3H3,(H,46,47). The number of carboxylic acid groups (broad SMARTS) is 1. The van der Waals surface area contributed by atoms with Gasteiger partial charge in [-0.05, 0) is 50.1 Å². The zero-order chi connectivity index (χ0) is 36.8. The van der Waals surface area contributed by atoms with Gasteiger partial charge in [0.2, 0.25) is 10.0 Å². The highest BCUT2D eigenvalue weighted by molar-refractivity contribution is 7.89. The van der Waals surface area contributed by atoms with Crippen molar-refractivity contribution < 1.29 is 27.8 Å². The molecular weight excluding hydrogens is 702 g/mol. The molecule has 0 atom stereocenters. The fourth-order valence-electron chi connectivity index (χ4n) is 7.31. The first-order valence-corrected chi connectivity index (χ1v) is 20.1. The van der Waals surface area contributed by atoms with E-state index in [1.165, 1.54) is 4.31 Å². The number of sulfonamides is 1. The van der Waals surface area contributed by atoms with Gasteiger partial charge in [0.15, 0.2) is 0 Å². The number of nitrogens with zero attached hydrogens (tertiary/aromatic N) is 5. The van der Waals surface area contributed by atoms with E-state index in [1.807, 2.05) is 74.0 Å². The number of aromatic nitrogens is 3. The van der Waals surface area contributed by atoms with Gasteiger partial charge in [-0.2, -0.15) is 9.40 Å². The van der Waals surface area contributed by atoms with Crippen LogP contribution in [0.3, 0.4) is 0 Å². The van der Waals surface area contributed by atoms with E-state index in [0.717, 1.165) is 62.9 Å². The van der Waals surface area contributed by atoms with Crippen LogP contribution in [0.2, 0.25) is 0 Å². The molecule has 1 N–H and O–H groups in total. The Labute approximate surface area is 310 Å². The number of morpholine rings is 1. The molecule has 1 fully saturated rings. The number of para-hydroxylation sites is 1. The van der Waals surface area contributed by atoms with Crippen LogP contribution in [-0.4, -0.2) is 101 Å². The molecule has 0 radical (unpaired) electrons. The first-order valence-electron chi connectivity index (χ1n) is 18.0. The van der Waals surface area contributed by atoms with Gasteiger partial charge in [-0.15, -0.1) is 11.6 Å². The average molecular weight is 750 g/mol. The summed E-state index contributed by atoms with van der Waals surface area (Å²) < 4.78 is 44.4. The summed E-state index contributed by atoms with van der Waals surface area (Å²) in [6, 6.07) is 20.0. The molecule has 1 saturated heterocycles. The van der Waals surface area contributed by atoms with Crippen molar-refractivity contribution in [3.05, 3.63) is 83.3 Å². The van der Waals surface area contributed by atoms with Crippen molar-refractivity contribution in [2.24, 2.45) is 7.05 Å². The Balaban J connectivity index is 1.34. The maximum atomic E-state index is 13.7. The molecule has 0 saturated carbocycles. The smallest absolute Gasteiger partial charge is 0.352 e. The van der Waals surface area contributed by atoms with Crippen molar-refractivity contribution in [2.75, 3.05) is 57.6 Å². The molecule has 2 aromatic heterocycles. The number of aromatic carboxylic acids is 1. The van der Waals surface area contributed by atoms with Gasteiger partial charge in [0.05, 0.1) is 43.3 Å². The van der Waals surface area contributed by atoms with Crippen LogP contribution in [0.5, 0.6) is 5.75 Å². The lowest BCUT2D eigenvalue weighted by Crippen LogP contribution is -2.43. The van der Waals surface area contributed by atoms with Crippen LogP contribution in [-0.2, 0) is 41.3 Å². The van der Waals surface area contributed by atoms with Crippen molar-refractivity contribution in [3.8, 4) is 16.9 Å². The molecule has 3 aromatic carbocycles. The van der Waals surface area contributed by atoms with Gasteiger partial charge < -0.3 is 19.1 Å². The van der Waals surface area contributed by atoms with Crippen LogP contribution in [0.25, 0.3) is 32.8 Å². The quantitative estimate of drug-likeness (QED) is 0.0867. The van der Waals surface area contributed by atoms with Gasteiger partial charge in [0, 0.05) is 73.2 Å². The van der Waals surface area contributed by atoms with Gasteiger partial charge >= 0.3 is 5.97 Å². The number of benzene rings is 3. The number of hydrogen-bond acceptors (Lipinski definition) is 7. The van der Waals surface area contributed by atoms with E-state index in [4.69, 9.17) is 26.2 Å². The van der Waals surface area contributed by atoms with Crippen LogP contribution >= 0.6 is 11.6 Å². The molecule has 1 aliphatic rings. The molecule has 0 aliphatic carbocycles. The Morgan fingerprint density at radius 1 is 1.04 bits per heavy atom. The number of carbonyl (C=O) groups is 1. The highest BCUT2D eigenvalue weighted by Gasteiger charge is 2.29. The summed E-state index contributed by atoms with van der Waals surface area (Å²) in [6.45, 7) is 8.51. The van der Waals surface area contributed by atoms with Crippen LogP contribution < -0.4 is 4.74 Å². The minimum absolute atomic E-state index is 0.0510. The number of fused-ring (bicyclic) bond motifs is 2. The van der Waals surface area contributed by atoms with E-state index in [0.29, 0.717) is 64.4 Å². The molecule has 5 aromatic rings. The van der Waals surface area contributed by atoms with Crippen molar-refractivity contribution in [2.45, 2.75) is 46.2 Å². The van der Waals surface area contributed by atoms with Gasteiger partial charge in [-0.25, -0.2) is 13.2 Å². The van der Waals surface area contributed by atoms with E-state index < -0.39 is 16.0 Å². The molecule has 0 bridgehead atoms. The molecule has 278 valence electrons. The molecule has 0 spiro atoms. The summed E-state index contributed by atoms with van der Waals surface area (Å²) >= 11 is 5.94. The number of aryl methyl sites for hydroxylation is 3. The third-order valence-corrected chi connectivity index (χ3v) is 12.2. The second-order valence-electron chi connectivity index (χ2n) is 13.2. The topological polar surface area (TPSA) is 119 Å². The largest absolute Gasteiger partial charge is 0.493 e. The Bertz CT molecular complexity index is 2130. The van der Waals surface area contributed by atoms with Crippen molar-refractivity contribution in [1.82, 2.24) is 23.6 Å². The van der Waals surface area contributed by atoms with Gasteiger partial charge in [0.1, 0.15) is 11.4 Å². The predicted molar refractivity (Wildman–Crippen MR) is 206 cm³/mol. The first kappa shape index (κ1) is 37.8. The van der Waals surface area contributed by atoms with E-state index in [-0.39, 0.29) is 23.9 Å². The van der Waals surface area contributed by atoms with E-state index in [9.17, 15) is 18.3 Å². The lowest BCUT2D eigenvalue weighted by atomic mass is 9.98. The zero-order valence-electron chi connectivity index (χ0n) is 30.2. The van der Waals surface area contributed by atoms with E-state index >= 15 is 0 Å². The molecule has 11 nitrogen and oxygen atoms in total. The molecular formula is C39H48ClN5O6S. The lowest BCUT2D eigenvalue weighted by molar-refractivity contribution is 0.0361. The summed E-state index contributed by atoms with van der Waals surface area (Å²) in [6.07, 6.45) is 1.47. The molecule has 0 amide bonds. The number of rotatable bonds is 17. The fourth-order valence-corrected chi connectivity index (χ4v) is 9.05. The molecule has 6 rings (SSSR count). The monoisotopic (exact) mass is 749 g/mol. The Morgan fingerprint density at radius 3 is 2.52 bits per heavy atom. The van der Waals surface area contributed by atoms with Crippen molar-refractivity contribution in [3.63, 3.8) is 0 Å². The normalized spacial score (nSPS) is 14.2. The number of alkyl halides is 1. The van der Waals surface area contributed by atoms with Gasteiger partial charge in [-0.3, -0.25) is 9.58 Å². The van der Waals surface area contributed by atoms with Gasteiger partial charge in [0.25, 0.3) is 0 Å². The first-order chi connectivity index (χ1) is 25.1. The summed E-state index contributed by atoms with van der Waals surface area (Å²) in [5.41, 5.74) is 4.93. The van der Waals surface area contributed by atoms with Crippen LogP contribution in [0.1, 0.15) is 47.2 Å². The zero-order valence-corrected chi connectivity index (χ0v) is 31.8. The van der Waals surface area contributed by atoms with E-state index in [1.54, 1.807) is 4.68 Å². The minimum atomic E-state index is -3.65. The summed E-state index contributed by atoms with van der Waals surface area (Å²) in [4.78, 5) is 15.2. The second kappa shape index (κ2) is 16.8. The number of ether oxygens (including phenoxy) is 2. The van der Waals surface area contributed by atoms with Crippen LogP contribution in [0.15, 0.2) is 60.7 Å².